The van der Waals surface area contributed by atoms with Gasteiger partial charge in [0.25, 0.3) is 0 Å². The van der Waals surface area contributed by atoms with Crippen LogP contribution in [0.5, 0.6) is 0 Å². The first-order chi connectivity index (χ1) is 16.8. The summed E-state index contributed by atoms with van der Waals surface area (Å²) in [4.78, 5) is 16.6. The quantitative estimate of drug-likeness (QED) is 0.505. The molecule has 0 unspecified atom stereocenters. The zero-order chi connectivity index (χ0) is 24.8. The van der Waals surface area contributed by atoms with Crippen molar-refractivity contribution in [2.75, 3.05) is 32.7 Å². The molecule has 0 atom stereocenters. The normalized spacial score (nSPS) is 14.9. The summed E-state index contributed by atoms with van der Waals surface area (Å²) < 4.78 is 28.3. The molecule has 3 aromatic carbocycles. The van der Waals surface area contributed by atoms with E-state index in [-0.39, 0.29) is 23.9 Å². The van der Waals surface area contributed by atoms with Crippen LogP contribution in [0.2, 0.25) is 5.02 Å². The number of aryl methyl sites for hydroxylation is 1. The average molecular weight is 513 g/mol. The minimum atomic E-state index is -3.90. The Labute approximate surface area is 212 Å². The molecule has 0 spiro atoms. The predicted molar refractivity (Wildman–Crippen MR) is 138 cm³/mol. The van der Waals surface area contributed by atoms with Crippen LogP contribution in [0.3, 0.4) is 0 Å². The third-order valence-corrected chi connectivity index (χ3v) is 8.57. The van der Waals surface area contributed by atoms with E-state index in [9.17, 15) is 13.2 Å². The zero-order valence-electron chi connectivity index (χ0n) is 19.9. The summed E-state index contributed by atoms with van der Waals surface area (Å²) in [6.45, 7) is 5.49. The van der Waals surface area contributed by atoms with Crippen LogP contribution < -0.4 is 4.90 Å². The Morgan fingerprint density at radius 1 is 0.943 bits per heavy atom. The lowest BCUT2D eigenvalue weighted by Gasteiger charge is -2.33. The van der Waals surface area contributed by atoms with Gasteiger partial charge in [0.2, 0.25) is 15.9 Å². The Balaban J connectivity index is 1.47. The van der Waals surface area contributed by atoms with Crippen LogP contribution in [0.4, 0.5) is 0 Å². The number of benzene rings is 3. The Morgan fingerprint density at radius 2 is 1.57 bits per heavy atom. The Hall–Kier alpha value is -2.71. The number of carbonyl (C=O) groups is 1. The molecule has 0 aliphatic carbocycles. The lowest BCUT2D eigenvalue weighted by molar-refractivity contribution is -0.917. The monoisotopic (exact) mass is 512 g/mol. The van der Waals surface area contributed by atoms with Gasteiger partial charge in [-0.05, 0) is 30.7 Å². The van der Waals surface area contributed by atoms with Gasteiger partial charge in [-0.25, -0.2) is 8.42 Å². The van der Waals surface area contributed by atoms with Crippen LogP contribution in [0.15, 0.2) is 83.8 Å². The SMILES string of the molecule is Cc1ccc(S(=O)(=O)N(CC(=O)N2CC[NH+](Cc3ccccc3)CC2)Cc2ccccc2Cl)cc1. The zero-order valence-corrected chi connectivity index (χ0v) is 21.4. The van der Waals surface area contributed by atoms with E-state index in [0.29, 0.717) is 23.7 Å². The van der Waals surface area contributed by atoms with Gasteiger partial charge in [-0.3, -0.25) is 4.79 Å². The van der Waals surface area contributed by atoms with E-state index in [1.54, 1.807) is 47.4 Å². The van der Waals surface area contributed by atoms with Crippen LogP contribution in [0.25, 0.3) is 0 Å². The van der Waals surface area contributed by atoms with Gasteiger partial charge in [-0.15, -0.1) is 0 Å². The van der Waals surface area contributed by atoms with E-state index in [4.69, 9.17) is 11.6 Å². The Morgan fingerprint density at radius 3 is 2.23 bits per heavy atom. The van der Waals surface area contributed by atoms with Gasteiger partial charge in [0.1, 0.15) is 6.54 Å². The van der Waals surface area contributed by atoms with Crippen molar-refractivity contribution in [2.24, 2.45) is 0 Å². The van der Waals surface area contributed by atoms with Gasteiger partial charge in [-0.2, -0.15) is 4.31 Å². The summed E-state index contributed by atoms with van der Waals surface area (Å²) in [5.74, 6) is -0.188. The number of nitrogens with zero attached hydrogens (tertiary/aromatic N) is 2. The van der Waals surface area contributed by atoms with Crippen LogP contribution in [0, 0.1) is 6.92 Å². The maximum Gasteiger partial charge on any atom is 0.243 e. The first-order valence-electron chi connectivity index (χ1n) is 11.8. The van der Waals surface area contributed by atoms with E-state index < -0.39 is 10.0 Å². The maximum atomic E-state index is 13.5. The number of rotatable bonds is 8. The van der Waals surface area contributed by atoms with Gasteiger partial charge >= 0.3 is 0 Å². The van der Waals surface area contributed by atoms with Gasteiger partial charge in [0.05, 0.1) is 37.6 Å². The molecule has 0 aromatic heterocycles. The van der Waals surface area contributed by atoms with Gasteiger partial charge in [0, 0.05) is 17.1 Å². The second kappa shape index (κ2) is 11.4. The molecule has 6 nitrogen and oxygen atoms in total. The molecule has 3 aromatic rings. The van der Waals surface area contributed by atoms with Crippen molar-refractivity contribution in [3.05, 3.63) is 101 Å². The summed E-state index contributed by atoms with van der Waals surface area (Å²) >= 11 is 6.33. The molecule has 8 heteroatoms. The molecule has 0 radical (unpaired) electrons. The lowest BCUT2D eigenvalue weighted by atomic mass is 10.2. The molecule has 1 aliphatic rings. The van der Waals surface area contributed by atoms with Crippen molar-refractivity contribution in [3.63, 3.8) is 0 Å². The topological polar surface area (TPSA) is 62.1 Å². The summed E-state index contributed by atoms with van der Waals surface area (Å²) in [6, 6.07) is 24.1. The second-order valence-electron chi connectivity index (χ2n) is 8.97. The van der Waals surface area contributed by atoms with Crippen molar-refractivity contribution in [1.29, 1.82) is 0 Å². The number of nitrogens with one attached hydrogen (secondary N) is 1. The van der Waals surface area contributed by atoms with Crippen LogP contribution in [0.1, 0.15) is 16.7 Å². The molecule has 1 aliphatic heterocycles. The van der Waals surface area contributed by atoms with Crippen LogP contribution >= 0.6 is 11.6 Å². The highest BCUT2D eigenvalue weighted by molar-refractivity contribution is 7.89. The number of hydrogen-bond donors (Lipinski definition) is 1. The van der Waals surface area contributed by atoms with Gasteiger partial charge in [-0.1, -0.05) is 77.8 Å². The minimum Gasteiger partial charge on any atom is -0.330 e. The van der Waals surface area contributed by atoms with Crippen molar-refractivity contribution in [3.8, 4) is 0 Å². The fraction of sp³-hybridized carbons (Fsp3) is 0.296. The molecule has 0 bridgehead atoms. The number of carbonyl (C=O) groups excluding carboxylic acids is 1. The molecule has 184 valence electrons. The molecular weight excluding hydrogens is 482 g/mol. The molecule has 1 amide bonds. The largest absolute Gasteiger partial charge is 0.330 e. The Kier molecular flexibility index (Phi) is 8.23. The van der Waals surface area contributed by atoms with Gasteiger partial charge < -0.3 is 9.80 Å². The van der Waals surface area contributed by atoms with Crippen LogP contribution in [-0.2, 0) is 27.9 Å². The molecule has 35 heavy (non-hydrogen) atoms. The minimum absolute atomic E-state index is 0.0286. The molecule has 0 saturated carbocycles. The number of sulfonamides is 1. The molecule has 4 rings (SSSR count). The average Bonchev–Trinajstić information content (AvgIpc) is 2.86. The molecule has 1 heterocycles. The van der Waals surface area contributed by atoms with Crippen molar-refractivity contribution < 1.29 is 18.1 Å². The van der Waals surface area contributed by atoms with Crippen LogP contribution in [-0.4, -0.2) is 56.3 Å². The number of piperazine rings is 1. The molecule has 1 saturated heterocycles. The summed E-state index contributed by atoms with van der Waals surface area (Å²) in [5.41, 5.74) is 2.90. The van der Waals surface area contributed by atoms with Gasteiger partial charge in [0.15, 0.2) is 0 Å². The van der Waals surface area contributed by atoms with E-state index in [2.05, 4.69) is 12.1 Å². The molecule has 1 N–H and O–H groups in total. The first-order valence-corrected chi connectivity index (χ1v) is 13.6. The fourth-order valence-electron chi connectivity index (χ4n) is 4.29. The molecule has 1 fully saturated rings. The van der Waals surface area contributed by atoms with E-state index >= 15 is 0 Å². The third-order valence-electron chi connectivity index (χ3n) is 6.40. The van der Waals surface area contributed by atoms with Crippen molar-refractivity contribution in [1.82, 2.24) is 9.21 Å². The van der Waals surface area contributed by atoms with E-state index in [1.807, 2.05) is 31.2 Å². The number of amides is 1. The van der Waals surface area contributed by atoms with E-state index in [0.717, 1.165) is 25.2 Å². The third kappa shape index (κ3) is 6.49. The predicted octanol–water partition coefficient (Wildman–Crippen LogP) is 2.77. The number of hydrogen-bond acceptors (Lipinski definition) is 3. The maximum absolute atomic E-state index is 13.5. The number of quaternary nitrogens is 1. The molecular formula is C27H31ClN3O3S+. The smallest absolute Gasteiger partial charge is 0.243 e. The summed E-state index contributed by atoms with van der Waals surface area (Å²) in [7, 11) is -3.90. The highest BCUT2D eigenvalue weighted by Gasteiger charge is 2.31. The fourth-order valence-corrected chi connectivity index (χ4v) is 5.85. The highest BCUT2D eigenvalue weighted by atomic mass is 35.5. The number of halogens is 1. The Bertz CT molecular complexity index is 1240. The van der Waals surface area contributed by atoms with E-state index in [1.165, 1.54) is 14.8 Å². The summed E-state index contributed by atoms with van der Waals surface area (Å²) in [5, 5.41) is 0.474. The van der Waals surface area contributed by atoms with Crippen molar-refractivity contribution >= 4 is 27.5 Å². The first kappa shape index (κ1) is 25.4. The second-order valence-corrected chi connectivity index (χ2v) is 11.3. The highest BCUT2D eigenvalue weighted by Crippen LogP contribution is 2.23. The summed E-state index contributed by atoms with van der Waals surface area (Å²) in [6.07, 6.45) is 0. The lowest BCUT2D eigenvalue weighted by Crippen LogP contribution is -3.13. The standard InChI is InChI=1S/C27H30ClN3O3S/c1-22-11-13-25(14-12-22)35(33,34)31(20-24-9-5-6-10-26(24)28)21-27(32)30-17-15-29(16-18-30)19-23-7-3-2-4-8-23/h2-14H,15-21H2,1H3/p+1. The van der Waals surface area contributed by atoms with Crippen molar-refractivity contribution in [2.45, 2.75) is 24.9 Å².